The first-order chi connectivity index (χ1) is 15.8. The van der Waals surface area contributed by atoms with Gasteiger partial charge in [-0.3, -0.25) is 18.9 Å². The smallest absolute Gasteiger partial charge is 0.267 e. The van der Waals surface area contributed by atoms with E-state index in [1.807, 2.05) is 19.1 Å². The average molecular weight is 487 g/mol. The number of unbranched alkanes of at least 4 members (excludes halogenated alkanes) is 5. The summed E-state index contributed by atoms with van der Waals surface area (Å²) in [5, 5.41) is 3.29. The largest absolute Gasteiger partial charge is 0.369 e. The molecule has 1 aliphatic heterocycles. The van der Waals surface area contributed by atoms with Gasteiger partial charge in [-0.05, 0) is 37.0 Å². The van der Waals surface area contributed by atoms with Crippen molar-refractivity contribution in [3.63, 3.8) is 0 Å². The minimum absolute atomic E-state index is 0.123. The number of thiocarbonyl (C=S) groups is 1. The van der Waals surface area contributed by atoms with Crippen LogP contribution in [0.2, 0.25) is 0 Å². The first kappa shape index (κ1) is 25.4. The van der Waals surface area contributed by atoms with Crippen LogP contribution < -0.4 is 10.9 Å². The van der Waals surface area contributed by atoms with E-state index in [9.17, 15) is 9.59 Å². The van der Waals surface area contributed by atoms with Crippen molar-refractivity contribution in [2.75, 3.05) is 18.4 Å². The minimum atomic E-state index is -0.198. The van der Waals surface area contributed by atoms with Crippen molar-refractivity contribution in [1.82, 2.24) is 14.3 Å². The van der Waals surface area contributed by atoms with Gasteiger partial charge in [0.1, 0.15) is 15.8 Å². The van der Waals surface area contributed by atoms with E-state index in [2.05, 4.69) is 31.1 Å². The van der Waals surface area contributed by atoms with E-state index in [-0.39, 0.29) is 11.5 Å². The van der Waals surface area contributed by atoms with Gasteiger partial charge in [0.05, 0.1) is 10.5 Å². The van der Waals surface area contributed by atoms with Crippen LogP contribution in [0.1, 0.15) is 70.4 Å². The number of amides is 1. The van der Waals surface area contributed by atoms with Crippen LogP contribution in [0, 0.1) is 12.8 Å². The Morgan fingerprint density at radius 3 is 2.61 bits per heavy atom. The molecular weight excluding hydrogens is 452 g/mol. The summed E-state index contributed by atoms with van der Waals surface area (Å²) in [5.41, 5.74) is 1.73. The molecule has 2 aromatic heterocycles. The number of rotatable bonds is 11. The van der Waals surface area contributed by atoms with Gasteiger partial charge in [-0.25, -0.2) is 4.98 Å². The summed E-state index contributed by atoms with van der Waals surface area (Å²) >= 11 is 6.75. The van der Waals surface area contributed by atoms with Gasteiger partial charge in [0, 0.05) is 19.3 Å². The zero-order chi connectivity index (χ0) is 24.0. The fourth-order valence-electron chi connectivity index (χ4n) is 3.70. The SMILES string of the molecule is CCCCCCCCN1C(=O)/C(=C\c2c(NCC(C)C)nc3ccc(C)cn3c2=O)SC1=S. The van der Waals surface area contributed by atoms with E-state index in [1.165, 1.54) is 37.4 Å². The van der Waals surface area contributed by atoms with Crippen LogP contribution in [0.4, 0.5) is 5.82 Å². The molecule has 1 aliphatic rings. The molecule has 3 heterocycles. The highest BCUT2D eigenvalue weighted by Crippen LogP contribution is 2.33. The molecule has 1 N–H and O–H groups in total. The standard InChI is InChI=1S/C25H34N4O2S2/c1-5-6-7-8-9-10-13-28-24(31)20(33-25(28)32)14-19-22(26-15-17(2)3)27-21-12-11-18(4)16-29(21)23(19)30/h11-12,14,16-17,26H,5-10,13,15H2,1-4H3/b20-14+. The number of nitrogens with zero attached hydrogens (tertiary/aromatic N) is 3. The number of nitrogens with one attached hydrogen (secondary N) is 1. The number of hydrogen-bond acceptors (Lipinski definition) is 6. The van der Waals surface area contributed by atoms with Crippen molar-refractivity contribution in [3.8, 4) is 0 Å². The topological polar surface area (TPSA) is 66.7 Å². The van der Waals surface area contributed by atoms with Crippen LogP contribution in [-0.4, -0.2) is 37.6 Å². The third-order valence-electron chi connectivity index (χ3n) is 5.57. The van der Waals surface area contributed by atoms with Crippen molar-refractivity contribution in [2.45, 2.75) is 66.2 Å². The lowest BCUT2D eigenvalue weighted by Gasteiger charge is -2.14. The number of carbonyl (C=O) groups is 1. The molecule has 0 radical (unpaired) electrons. The summed E-state index contributed by atoms with van der Waals surface area (Å²) < 4.78 is 2.10. The van der Waals surface area contributed by atoms with Crippen molar-refractivity contribution >= 4 is 51.7 Å². The lowest BCUT2D eigenvalue weighted by atomic mass is 10.1. The molecule has 0 saturated carbocycles. The Bertz CT molecular complexity index is 1110. The Labute approximate surface area is 205 Å². The van der Waals surface area contributed by atoms with Crippen LogP contribution in [0.25, 0.3) is 11.7 Å². The highest BCUT2D eigenvalue weighted by Gasteiger charge is 2.32. The lowest BCUT2D eigenvalue weighted by Crippen LogP contribution is -2.29. The second kappa shape index (κ2) is 11.8. The van der Waals surface area contributed by atoms with Crippen molar-refractivity contribution in [3.05, 3.63) is 44.7 Å². The Morgan fingerprint density at radius 2 is 1.88 bits per heavy atom. The van der Waals surface area contributed by atoms with E-state index < -0.39 is 0 Å². The molecule has 33 heavy (non-hydrogen) atoms. The maximum atomic E-state index is 13.4. The van der Waals surface area contributed by atoms with Gasteiger partial charge in [0.2, 0.25) is 0 Å². The maximum absolute atomic E-state index is 13.4. The molecule has 2 aromatic rings. The third-order valence-corrected chi connectivity index (χ3v) is 6.95. The first-order valence-corrected chi connectivity index (χ1v) is 13.1. The van der Waals surface area contributed by atoms with Gasteiger partial charge < -0.3 is 5.32 Å². The van der Waals surface area contributed by atoms with Crippen LogP contribution >= 0.6 is 24.0 Å². The lowest BCUT2D eigenvalue weighted by molar-refractivity contribution is -0.122. The van der Waals surface area contributed by atoms with Gasteiger partial charge in [-0.2, -0.15) is 0 Å². The van der Waals surface area contributed by atoms with E-state index in [0.29, 0.717) is 45.3 Å². The van der Waals surface area contributed by atoms with Crippen LogP contribution in [-0.2, 0) is 4.79 Å². The number of anilines is 1. The summed E-state index contributed by atoms with van der Waals surface area (Å²) in [6.45, 7) is 9.63. The molecule has 3 rings (SSSR count). The second-order valence-corrected chi connectivity index (χ2v) is 10.7. The summed E-state index contributed by atoms with van der Waals surface area (Å²) in [6, 6.07) is 3.77. The molecular formula is C25H34N4O2S2. The predicted octanol–water partition coefficient (Wildman–Crippen LogP) is 5.63. The molecule has 0 spiro atoms. The fourth-order valence-corrected chi connectivity index (χ4v) is 4.99. The van der Waals surface area contributed by atoms with Crippen molar-refractivity contribution < 1.29 is 4.79 Å². The highest BCUT2D eigenvalue weighted by atomic mass is 32.2. The summed E-state index contributed by atoms with van der Waals surface area (Å²) in [4.78, 5) is 33.3. The summed E-state index contributed by atoms with van der Waals surface area (Å²) in [6.07, 6.45) is 10.4. The molecule has 1 fully saturated rings. The Kier molecular flexibility index (Phi) is 9.09. The number of aryl methyl sites for hydroxylation is 1. The van der Waals surface area contributed by atoms with Crippen LogP contribution in [0.5, 0.6) is 0 Å². The number of fused-ring (bicyclic) bond motifs is 1. The molecule has 8 heteroatoms. The zero-order valence-corrected chi connectivity index (χ0v) is 21.7. The predicted molar refractivity (Wildman–Crippen MR) is 143 cm³/mol. The zero-order valence-electron chi connectivity index (χ0n) is 20.0. The van der Waals surface area contributed by atoms with Crippen molar-refractivity contribution in [2.24, 2.45) is 5.92 Å². The third kappa shape index (κ3) is 6.44. The monoisotopic (exact) mass is 486 g/mol. The van der Waals surface area contributed by atoms with Gasteiger partial charge in [-0.1, -0.05) is 82.9 Å². The first-order valence-electron chi connectivity index (χ1n) is 11.8. The normalized spacial score (nSPS) is 15.4. The van der Waals surface area contributed by atoms with Gasteiger partial charge >= 0.3 is 0 Å². The molecule has 0 aliphatic carbocycles. The molecule has 0 atom stereocenters. The minimum Gasteiger partial charge on any atom is -0.369 e. The van der Waals surface area contributed by atoms with E-state index in [4.69, 9.17) is 12.2 Å². The fraction of sp³-hybridized carbons (Fsp3) is 0.520. The molecule has 6 nitrogen and oxygen atoms in total. The van der Waals surface area contributed by atoms with E-state index in [1.54, 1.807) is 21.6 Å². The summed E-state index contributed by atoms with van der Waals surface area (Å²) in [7, 11) is 0. The van der Waals surface area contributed by atoms with Crippen LogP contribution in [0.15, 0.2) is 28.0 Å². The van der Waals surface area contributed by atoms with Gasteiger partial charge in [-0.15, -0.1) is 0 Å². The van der Waals surface area contributed by atoms with E-state index in [0.717, 1.165) is 18.4 Å². The number of aromatic nitrogens is 2. The Morgan fingerprint density at radius 1 is 1.15 bits per heavy atom. The van der Waals surface area contributed by atoms with Crippen molar-refractivity contribution in [1.29, 1.82) is 0 Å². The Hall–Kier alpha value is -2.19. The van der Waals surface area contributed by atoms with Gasteiger partial charge in [0.25, 0.3) is 11.5 Å². The molecule has 1 saturated heterocycles. The molecule has 0 aromatic carbocycles. The van der Waals surface area contributed by atoms with E-state index >= 15 is 0 Å². The number of carbonyl (C=O) groups excluding carboxylic acids is 1. The number of hydrogen-bond donors (Lipinski definition) is 1. The number of thioether (sulfide) groups is 1. The Balaban J connectivity index is 1.87. The summed E-state index contributed by atoms with van der Waals surface area (Å²) in [5.74, 6) is 0.757. The van der Waals surface area contributed by atoms with Crippen LogP contribution in [0.3, 0.4) is 0 Å². The maximum Gasteiger partial charge on any atom is 0.267 e. The number of pyridine rings is 1. The highest BCUT2D eigenvalue weighted by molar-refractivity contribution is 8.26. The quantitative estimate of drug-likeness (QED) is 0.252. The van der Waals surface area contributed by atoms with Gasteiger partial charge in [0.15, 0.2) is 0 Å². The average Bonchev–Trinajstić information content (AvgIpc) is 3.04. The molecule has 1 amide bonds. The molecule has 0 bridgehead atoms. The second-order valence-electron chi connectivity index (χ2n) is 8.99. The molecule has 178 valence electrons. The molecule has 0 unspecified atom stereocenters.